The Balaban J connectivity index is 1.94. The third-order valence-electron chi connectivity index (χ3n) is 3.31. The molecular formula is C15H15NO5. The number of carbonyl (C=O) groups is 4. The van der Waals surface area contributed by atoms with E-state index >= 15 is 0 Å². The van der Waals surface area contributed by atoms with Crippen molar-refractivity contribution in [2.75, 3.05) is 11.9 Å². The molecule has 0 bridgehead atoms. The fraction of sp³-hybridized carbons (Fsp3) is 0.333. The molecule has 21 heavy (non-hydrogen) atoms. The van der Waals surface area contributed by atoms with Crippen molar-refractivity contribution in [2.45, 2.75) is 19.8 Å². The highest BCUT2D eigenvalue weighted by Gasteiger charge is 2.34. The van der Waals surface area contributed by atoms with Crippen LogP contribution in [0.2, 0.25) is 0 Å². The average Bonchev–Trinajstić information content (AvgIpc) is 2.87. The molecule has 0 aromatic heterocycles. The molecule has 1 saturated heterocycles. The molecule has 6 nitrogen and oxygen atoms in total. The Hall–Kier alpha value is -2.50. The molecule has 1 amide bonds. The first-order valence-electron chi connectivity index (χ1n) is 6.58. The minimum atomic E-state index is -0.916. The van der Waals surface area contributed by atoms with Crippen LogP contribution in [0.3, 0.4) is 0 Å². The van der Waals surface area contributed by atoms with E-state index in [0.29, 0.717) is 5.69 Å². The monoisotopic (exact) mass is 289 g/mol. The lowest BCUT2D eigenvalue weighted by Crippen LogP contribution is -2.29. The van der Waals surface area contributed by atoms with E-state index in [1.165, 1.54) is 0 Å². The van der Waals surface area contributed by atoms with Gasteiger partial charge in [0, 0.05) is 12.1 Å². The average molecular weight is 289 g/mol. The van der Waals surface area contributed by atoms with Gasteiger partial charge in [0.2, 0.25) is 5.78 Å². The highest BCUT2D eigenvalue weighted by atomic mass is 16.5. The molecule has 1 aliphatic heterocycles. The molecule has 0 unspecified atom stereocenters. The number of rotatable bonds is 5. The van der Waals surface area contributed by atoms with Crippen LogP contribution < -0.4 is 5.32 Å². The van der Waals surface area contributed by atoms with Gasteiger partial charge in [0.15, 0.2) is 5.78 Å². The van der Waals surface area contributed by atoms with Gasteiger partial charge >= 0.3 is 5.97 Å². The number of hydrogen-bond donors (Lipinski definition) is 1. The number of amides is 1. The SMILES string of the molecule is Cc1ccccc1NC(=O)C(=O)CC(=O)[C@H]1CCOC1=O. The van der Waals surface area contributed by atoms with Crippen molar-refractivity contribution in [2.24, 2.45) is 5.92 Å². The summed E-state index contributed by atoms with van der Waals surface area (Å²) >= 11 is 0. The number of Topliss-reactive ketones (excluding diaryl/α,β-unsaturated/α-hetero) is 2. The largest absolute Gasteiger partial charge is 0.465 e. The number of benzene rings is 1. The summed E-state index contributed by atoms with van der Waals surface area (Å²) in [5, 5.41) is 2.46. The summed E-state index contributed by atoms with van der Waals surface area (Å²) in [4.78, 5) is 46.6. The molecule has 1 fully saturated rings. The Morgan fingerprint density at radius 2 is 2.00 bits per heavy atom. The first-order valence-corrected chi connectivity index (χ1v) is 6.58. The first-order chi connectivity index (χ1) is 9.99. The van der Waals surface area contributed by atoms with Gasteiger partial charge in [-0.1, -0.05) is 18.2 Å². The minimum absolute atomic E-state index is 0.179. The third kappa shape index (κ3) is 3.53. The Kier molecular flexibility index (Phi) is 4.47. The predicted octanol–water partition coefficient (Wildman–Crippen LogP) is 1.02. The minimum Gasteiger partial charge on any atom is -0.465 e. The van der Waals surface area contributed by atoms with E-state index in [0.717, 1.165) is 5.56 Å². The van der Waals surface area contributed by atoms with E-state index < -0.39 is 35.8 Å². The van der Waals surface area contributed by atoms with Crippen LogP contribution in [0.1, 0.15) is 18.4 Å². The van der Waals surface area contributed by atoms with Crippen LogP contribution in [0.5, 0.6) is 0 Å². The molecule has 0 saturated carbocycles. The number of aryl methyl sites for hydroxylation is 1. The summed E-state index contributed by atoms with van der Waals surface area (Å²) in [6, 6.07) is 6.99. The Labute approximate surface area is 121 Å². The van der Waals surface area contributed by atoms with Gasteiger partial charge in [-0.15, -0.1) is 0 Å². The lowest BCUT2D eigenvalue weighted by atomic mass is 9.98. The second-order valence-corrected chi connectivity index (χ2v) is 4.84. The van der Waals surface area contributed by atoms with Crippen molar-refractivity contribution >= 4 is 29.1 Å². The van der Waals surface area contributed by atoms with E-state index in [-0.39, 0.29) is 13.0 Å². The maximum Gasteiger partial charge on any atom is 0.316 e. The van der Waals surface area contributed by atoms with Crippen LogP contribution in [0.4, 0.5) is 5.69 Å². The van der Waals surface area contributed by atoms with E-state index in [2.05, 4.69) is 10.1 Å². The van der Waals surface area contributed by atoms with Gasteiger partial charge in [0.25, 0.3) is 5.91 Å². The van der Waals surface area contributed by atoms with Gasteiger partial charge in [0.05, 0.1) is 13.0 Å². The summed E-state index contributed by atoms with van der Waals surface area (Å²) in [6.07, 6.45) is -0.318. The summed E-state index contributed by atoms with van der Waals surface area (Å²) in [6.45, 7) is 1.97. The zero-order valence-electron chi connectivity index (χ0n) is 11.5. The van der Waals surface area contributed by atoms with Crippen LogP contribution in [0.25, 0.3) is 0 Å². The van der Waals surface area contributed by atoms with Crippen molar-refractivity contribution in [3.05, 3.63) is 29.8 Å². The van der Waals surface area contributed by atoms with Gasteiger partial charge in [-0.2, -0.15) is 0 Å². The number of cyclic esters (lactones) is 1. The molecule has 1 aromatic rings. The molecule has 1 N–H and O–H groups in total. The summed E-state index contributed by atoms with van der Waals surface area (Å²) in [5.74, 6) is -3.82. The maximum atomic E-state index is 11.8. The lowest BCUT2D eigenvalue weighted by Gasteiger charge is -2.07. The number of hydrogen-bond acceptors (Lipinski definition) is 5. The zero-order chi connectivity index (χ0) is 15.4. The van der Waals surface area contributed by atoms with Crippen molar-refractivity contribution in [3.8, 4) is 0 Å². The van der Waals surface area contributed by atoms with E-state index in [1.54, 1.807) is 25.1 Å². The van der Waals surface area contributed by atoms with Crippen LogP contribution in [0.15, 0.2) is 24.3 Å². The molecular weight excluding hydrogens is 274 g/mol. The maximum absolute atomic E-state index is 11.8. The number of esters is 1. The van der Waals surface area contributed by atoms with Crippen molar-refractivity contribution in [3.63, 3.8) is 0 Å². The molecule has 2 rings (SSSR count). The molecule has 6 heteroatoms. The Morgan fingerprint density at radius 3 is 2.62 bits per heavy atom. The molecule has 0 aliphatic carbocycles. The second-order valence-electron chi connectivity index (χ2n) is 4.84. The molecule has 0 spiro atoms. The van der Waals surface area contributed by atoms with Crippen LogP contribution in [-0.2, 0) is 23.9 Å². The first kappa shape index (κ1) is 14.9. The standard InChI is InChI=1S/C15H15NO5/c1-9-4-2-3-5-11(9)16-14(19)13(18)8-12(17)10-6-7-21-15(10)20/h2-5,10H,6-8H2,1H3,(H,16,19)/t10-/m1/s1. The summed E-state index contributed by atoms with van der Waals surface area (Å²) in [7, 11) is 0. The fourth-order valence-electron chi connectivity index (χ4n) is 2.06. The molecule has 1 aliphatic rings. The Morgan fingerprint density at radius 1 is 1.29 bits per heavy atom. The Bertz CT molecular complexity index is 608. The number of carbonyl (C=O) groups excluding carboxylic acids is 4. The quantitative estimate of drug-likeness (QED) is 0.496. The van der Waals surface area contributed by atoms with Crippen LogP contribution >= 0.6 is 0 Å². The van der Waals surface area contributed by atoms with Crippen LogP contribution in [0, 0.1) is 12.8 Å². The highest BCUT2D eigenvalue weighted by Crippen LogP contribution is 2.17. The molecule has 0 radical (unpaired) electrons. The second kappa shape index (κ2) is 6.30. The lowest BCUT2D eigenvalue weighted by molar-refractivity contribution is -0.145. The van der Waals surface area contributed by atoms with E-state index in [1.807, 2.05) is 6.07 Å². The number of anilines is 1. The number of nitrogens with one attached hydrogen (secondary N) is 1. The van der Waals surface area contributed by atoms with Gasteiger partial charge in [0.1, 0.15) is 5.92 Å². The van der Waals surface area contributed by atoms with E-state index in [9.17, 15) is 19.2 Å². The third-order valence-corrected chi connectivity index (χ3v) is 3.31. The predicted molar refractivity (Wildman–Crippen MR) is 73.5 cm³/mol. The molecule has 1 aromatic carbocycles. The number of ketones is 2. The van der Waals surface area contributed by atoms with Crippen molar-refractivity contribution in [1.29, 1.82) is 0 Å². The normalized spacial score (nSPS) is 17.2. The zero-order valence-corrected chi connectivity index (χ0v) is 11.5. The summed E-state index contributed by atoms with van der Waals surface area (Å²) in [5.41, 5.74) is 1.33. The van der Waals surface area contributed by atoms with Crippen LogP contribution in [-0.4, -0.2) is 30.0 Å². The van der Waals surface area contributed by atoms with Crippen molar-refractivity contribution < 1.29 is 23.9 Å². The van der Waals surface area contributed by atoms with Gasteiger partial charge in [-0.25, -0.2) is 0 Å². The number of ether oxygens (including phenoxy) is 1. The van der Waals surface area contributed by atoms with Gasteiger partial charge in [-0.3, -0.25) is 19.2 Å². The van der Waals surface area contributed by atoms with Gasteiger partial charge < -0.3 is 10.1 Å². The molecule has 1 heterocycles. The van der Waals surface area contributed by atoms with Crippen molar-refractivity contribution in [1.82, 2.24) is 0 Å². The summed E-state index contributed by atoms with van der Waals surface area (Å²) < 4.78 is 4.67. The fourth-order valence-corrected chi connectivity index (χ4v) is 2.06. The smallest absolute Gasteiger partial charge is 0.316 e. The van der Waals surface area contributed by atoms with Gasteiger partial charge in [-0.05, 0) is 18.6 Å². The van der Waals surface area contributed by atoms with E-state index in [4.69, 9.17) is 0 Å². The highest BCUT2D eigenvalue weighted by molar-refractivity contribution is 6.43. The number of para-hydroxylation sites is 1. The molecule has 1 atom stereocenters. The topological polar surface area (TPSA) is 89.5 Å². The molecule has 110 valence electrons.